The van der Waals surface area contributed by atoms with Gasteiger partial charge in [-0.2, -0.15) is 0 Å². The molecule has 68 valence electrons. The predicted molar refractivity (Wildman–Crippen MR) is 49.8 cm³/mol. The summed E-state index contributed by atoms with van der Waals surface area (Å²) in [6.45, 7) is 1.79. The summed E-state index contributed by atoms with van der Waals surface area (Å²) in [6, 6.07) is 0.485. The van der Waals surface area contributed by atoms with Crippen molar-refractivity contribution in [1.29, 1.82) is 0 Å². The maximum Gasteiger partial charge on any atom is 0.0469 e. The van der Waals surface area contributed by atoms with E-state index in [2.05, 4.69) is 11.2 Å². The van der Waals surface area contributed by atoms with Crippen molar-refractivity contribution >= 4 is 0 Å². The molecule has 1 N–H and O–H groups in total. The van der Waals surface area contributed by atoms with E-state index in [1.807, 2.05) is 7.05 Å². The summed E-state index contributed by atoms with van der Waals surface area (Å²) in [4.78, 5) is 0. The van der Waals surface area contributed by atoms with Crippen molar-refractivity contribution in [2.45, 2.75) is 25.3 Å². The minimum Gasteiger partial charge on any atom is -0.381 e. The first-order valence-corrected chi connectivity index (χ1v) is 4.57. The summed E-state index contributed by atoms with van der Waals surface area (Å²) in [5.74, 6) is 3.42. The molecule has 1 rings (SSSR count). The Balaban J connectivity index is 2.36. The lowest BCUT2D eigenvalue weighted by molar-refractivity contribution is 0.0553. The zero-order valence-electron chi connectivity index (χ0n) is 7.68. The molecule has 0 radical (unpaired) electrons. The van der Waals surface area contributed by atoms with Crippen LogP contribution in [0.4, 0.5) is 0 Å². The minimum absolute atomic E-state index is 0.485. The zero-order chi connectivity index (χ0) is 8.81. The molecule has 0 aromatic heterocycles. The van der Waals surface area contributed by atoms with Crippen molar-refractivity contribution in [1.82, 2.24) is 5.32 Å². The van der Waals surface area contributed by atoms with Crippen molar-refractivity contribution in [2.24, 2.45) is 5.92 Å². The molecule has 1 unspecified atom stereocenters. The van der Waals surface area contributed by atoms with E-state index in [0.29, 0.717) is 12.0 Å². The van der Waals surface area contributed by atoms with Gasteiger partial charge in [0.05, 0.1) is 0 Å². The second kappa shape index (κ2) is 5.18. The van der Waals surface area contributed by atoms with E-state index in [1.165, 1.54) is 0 Å². The van der Waals surface area contributed by atoms with Crippen LogP contribution in [0.25, 0.3) is 0 Å². The van der Waals surface area contributed by atoms with Gasteiger partial charge >= 0.3 is 0 Å². The quantitative estimate of drug-likeness (QED) is 0.634. The second-order valence-electron chi connectivity index (χ2n) is 3.25. The van der Waals surface area contributed by atoms with Crippen LogP contribution in [-0.2, 0) is 4.74 Å². The van der Waals surface area contributed by atoms with E-state index in [9.17, 15) is 0 Å². The molecule has 0 aromatic carbocycles. The van der Waals surface area contributed by atoms with Gasteiger partial charge in [-0.1, -0.05) is 0 Å². The fraction of sp³-hybridized carbons (Fsp3) is 0.800. The van der Waals surface area contributed by atoms with E-state index in [1.54, 1.807) is 0 Å². The maximum atomic E-state index is 5.29. The highest BCUT2D eigenvalue weighted by Crippen LogP contribution is 2.20. The Kier molecular flexibility index (Phi) is 4.13. The summed E-state index contributed by atoms with van der Waals surface area (Å²) in [7, 11) is 1.98. The van der Waals surface area contributed by atoms with Gasteiger partial charge in [-0.25, -0.2) is 0 Å². The summed E-state index contributed by atoms with van der Waals surface area (Å²) in [5, 5.41) is 3.27. The lowest BCUT2D eigenvalue weighted by atomic mass is 9.90. The highest BCUT2D eigenvalue weighted by Gasteiger charge is 2.21. The highest BCUT2D eigenvalue weighted by molar-refractivity contribution is 4.92. The van der Waals surface area contributed by atoms with Crippen LogP contribution in [0.3, 0.4) is 0 Å². The van der Waals surface area contributed by atoms with Crippen LogP contribution in [0.2, 0.25) is 0 Å². The molecule has 1 saturated heterocycles. The average Bonchev–Trinajstić information content (AvgIpc) is 2.15. The van der Waals surface area contributed by atoms with Crippen LogP contribution in [-0.4, -0.2) is 26.3 Å². The number of hydrogen-bond donors (Lipinski definition) is 1. The molecule has 1 heterocycles. The van der Waals surface area contributed by atoms with Gasteiger partial charge in [0.25, 0.3) is 0 Å². The lowest BCUT2D eigenvalue weighted by Gasteiger charge is -2.28. The van der Waals surface area contributed by atoms with Gasteiger partial charge in [-0.15, -0.1) is 12.3 Å². The third-order valence-corrected chi connectivity index (χ3v) is 2.54. The Morgan fingerprint density at radius 2 is 2.25 bits per heavy atom. The normalized spacial score (nSPS) is 21.7. The Hall–Kier alpha value is -0.520. The Bertz CT molecular complexity index is 156. The van der Waals surface area contributed by atoms with Gasteiger partial charge in [0, 0.05) is 25.7 Å². The number of hydrogen-bond acceptors (Lipinski definition) is 2. The predicted octanol–water partition coefficient (Wildman–Crippen LogP) is 1.02. The van der Waals surface area contributed by atoms with Crippen molar-refractivity contribution in [3.05, 3.63) is 0 Å². The van der Waals surface area contributed by atoms with E-state index in [4.69, 9.17) is 11.2 Å². The topological polar surface area (TPSA) is 21.3 Å². The first kappa shape index (κ1) is 9.57. The number of terminal acetylenes is 1. The first-order valence-electron chi connectivity index (χ1n) is 4.57. The van der Waals surface area contributed by atoms with Crippen LogP contribution in [0.15, 0.2) is 0 Å². The Labute approximate surface area is 74.7 Å². The van der Waals surface area contributed by atoms with Crippen molar-refractivity contribution in [2.75, 3.05) is 20.3 Å². The van der Waals surface area contributed by atoms with Crippen LogP contribution in [0, 0.1) is 18.3 Å². The maximum absolute atomic E-state index is 5.29. The third kappa shape index (κ3) is 2.51. The van der Waals surface area contributed by atoms with Crippen molar-refractivity contribution < 1.29 is 4.74 Å². The first-order chi connectivity index (χ1) is 5.88. The molecule has 12 heavy (non-hydrogen) atoms. The van der Waals surface area contributed by atoms with E-state index in [0.717, 1.165) is 32.5 Å². The average molecular weight is 167 g/mol. The summed E-state index contributed by atoms with van der Waals surface area (Å²) in [6.07, 6.45) is 8.42. The summed E-state index contributed by atoms with van der Waals surface area (Å²) < 4.78 is 5.29. The highest BCUT2D eigenvalue weighted by atomic mass is 16.5. The van der Waals surface area contributed by atoms with Gasteiger partial charge in [-0.05, 0) is 25.8 Å². The fourth-order valence-electron chi connectivity index (χ4n) is 1.75. The smallest absolute Gasteiger partial charge is 0.0469 e. The molecule has 0 aliphatic carbocycles. The fourth-order valence-corrected chi connectivity index (χ4v) is 1.75. The lowest BCUT2D eigenvalue weighted by Crippen LogP contribution is -2.36. The zero-order valence-corrected chi connectivity index (χ0v) is 7.68. The minimum atomic E-state index is 0.485. The van der Waals surface area contributed by atoms with Crippen LogP contribution < -0.4 is 5.32 Å². The van der Waals surface area contributed by atoms with Gasteiger partial charge in [0.15, 0.2) is 0 Å². The monoisotopic (exact) mass is 167 g/mol. The number of nitrogens with one attached hydrogen (secondary N) is 1. The molecule has 0 aromatic rings. The van der Waals surface area contributed by atoms with E-state index < -0.39 is 0 Å². The number of ether oxygens (including phenoxy) is 1. The standard InChI is InChI=1S/C10H17NO/c1-3-4-10(11-2)9-5-7-12-8-6-9/h1,9-11H,4-8H2,2H3. The molecule has 2 heteroatoms. The number of rotatable bonds is 3. The molecule has 1 fully saturated rings. The second-order valence-corrected chi connectivity index (χ2v) is 3.25. The molecule has 1 aliphatic rings. The van der Waals surface area contributed by atoms with Gasteiger partial charge in [0.1, 0.15) is 0 Å². The molecule has 1 atom stereocenters. The van der Waals surface area contributed by atoms with E-state index >= 15 is 0 Å². The molecule has 0 bridgehead atoms. The molecule has 1 aliphatic heterocycles. The molecule has 0 saturated carbocycles. The summed E-state index contributed by atoms with van der Waals surface area (Å²) in [5.41, 5.74) is 0. The van der Waals surface area contributed by atoms with Crippen LogP contribution >= 0.6 is 0 Å². The van der Waals surface area contributed by atoms with Gasteiger partial charge in [0.2, 0.25) is 0 Å². The van der Waals surface area contributed by atoms with Gasteiger partial charge < -0.3 is 10.1 Å². The largest absolute Gasteiger partial charge is 0.381 e. The molecule has 2 nitrogen and oxygen atoms in total. The molecule has 0 spiro atoms. The molecule has 0 amide bonds. The van der Waals surface area contributed by atoms with Crippen LogP contribution in [0.1, 0.15) is 19.3 Å². The summed E-state index contributed by atoms with van der Waals surface area (Å²) >= 11 is 0. The molecular weight excluding hydrogens is 150 g/mol. The Morgan fingerprint density at radius 1 is 1.58 bits per heavy atom. The van der Waals surface area contributed by atoms with E-state index in [-0.39, 0.29) is 0 Å². The van der Waals surface area contributed by atoms with Crippen molar-refractivity contribution in [3.63, 3.8) is 0 Å². The molecular formula is C10H17NO. The van der Waals surface area contributed by atoms with Gasteiger partial charge in [-0.3, -0.25) is 0 Å². The van der Waals surface area contributed by atoms with Crippen molar-refractivity contribution in [3.8, 4) is 12.3 Å². The van der Waals surface area contributed by atoms with Crippen LogP contribution in [0.5, 0.6) is 0 Å². The Morgan fingerprint density at radius 3 is 2.75 bits per heavy atom. The third-order valence-electron chi connectivity index (χ3n) is 2.54. The SMILES string of the molecule is C#CCC(NC)C1CCOCC1.